The van der Waals surface area contributed by atoms with E-state index < -0.39 is 0 Å². The molecular formula is C14H15N5S3. The Morgan fingerprint density at radius 3 is 2.95 bits per heavy atom. The molecule has 22 heavy (non-hydrogen) atoms. The molecule has 3 aromatic heterocycles. The number of nitrogen functional groups attached to an aromatic ring is 1. The number of fused-ring (bicyclic) bond motifs is 3. The molecular weight excluding hydrogens is 334 g/mol. The maximum Gasteiger partial charge on any atom is 0.174 e. The van der Waals surface area contributed by atoms with Crippen LogP contribution in [0.15, 0.2) is 9.85 Å². The molecule has 3 heterocycles. The van der Waals surface area contributed by atoms with Crippen LogP contribution in [0.1, 0.15) is 35.5 Å². The van der Waals surface area contributed by atoms with Crippen LogP contribution in [0.4, 0.5) is 5.82 Å². The smallest absolute Gasteiger partial charge is 0.174 e. The minimum Gasteiger partial charge on any atom is -0.383 e. The van der Waals surface area contributed by atoms with E-state index in [0.29, 0.717) is 11.6 Å². The monoisotopic (exact) mass is 349 g/mol. The van der Waals surface area contributed by atoms with Gasteiger partial charge >= 0.3 is 0 Å². The second kappa shape index (κ2) is 6.10. The molecule has 0 bridgehead atoms. The summed E-state index contributed by atoms with van der Waals surface area (Å²) in [6.45, 7) is 0. The van der Waals surface area contributed by atoms with Gasteiger partial charge in [-0.05, 0) is 31.2 Å². The number of hydrogen-bond donors (Lipinski definition) is 1. The van der Waals surface area contributed by atoms with Gasteiger partial charge in [0.2, 0.25) is 0 Å². The Hall–Kier alpha value is -1.25. The largest absolute Gasteiger partial charge is 0.383 e. The van der Waals surface area contributed by atoms with Gasteiger partial charge in [-0.2, -0.15) is 0 Å². The van der Waals surface area contributed by atoms with Crippen molar-refractivity contribution in [2.24, 2.45) is 0 Å². The molecule has 1 aliphatic carbocycles. The van der Waals surface area contributed by atoms with Crippen LogP contribution >= 0.6 is 34.4 Å². The van der Waals surface area contributed by atoms with Gasteiger partial charge in [0.05, 0.1) is 11.1 Å². The first kappa shape index (κ1) is 14.3. The fourth-order valence-corrected chi connectivity index (χ4v) is 5.46. The van der Waals surface area contributed by atoms with Crippen molar-refractivity contribution < 1.29 is 0 Å². The van der Waals surface area contributed by atoms with Crippen molar-refractivity contribution in [1.82, 2.24) is 20.2 Å². The van der Waals surface area contributed by atoms with Gasteiger partial charge in [0.25, 0.3) is 0 Å². The van der Waals surface area contributed by atoms with Crippen molar-refractivity contribution in [2.45, 2.75) is 42.2 Å². The zero-order valence-electron chi connectivity index (χ0n) is 11.9. The highest BCUT2D eigenvalue weighted by Gasteiger charge is 2.19. The van der Waals surface area contributed by atoms with Crippen LogP contribution in [-0.4, -0.2) is 20.2 Å². The molecule has 0 aliphatic heterocycles. The molecule has 0 aromatic carbocycles. The fourth-order valence-electron chi connectivity index (χ4n) is 2.82. The Bertz CT molecular complexity index is 797. The van der Waals surface area contributed by atoms with Crippen molar-refractivity contribution in [2.75, 3.05) is 5.73 Å². The lowest BCUT2D eigenvalue weighted by Crippen LogP contribution is -2.00. The lowest BCUT2D eigenvalue weighted by molar-refractivity contribution is 0.713. The van der Waals surface area contributed by atoms with Crippen molar-refractivity contribution in [3.05, 3.63) is 21.8 Å². The van der Waals surface area contributed by atoms with Crippen LogP contribution in [-0.2, 0) is 18.6 Å². The Morgan fingerprint density at radius 1 is 1.18 bits per heavy atom. The number of thiophene rings is 1. The molecule has 0 amide bonds. The zero-order valence-corrected chi connectivity index (χ0v) is 14.4. The summed E-state index contributed by atoms with van der Waals surface area (Å²) in [5.41, 5.74) is 9.38. The van der Waals surface area contributed by atoms with Crippen LogP contribution in [0.5, 0.6) is 0 Å². The average Bonchev–Trinajstić information content (AvgIpc) is 3.08. The van der Waals surface area contributed by atoms with Crippen molar-refractivity contribution >= 4 is 50.5 Å². The lowest BCUT2D eigenvalue weighted by Gasteiger charge is -2.03. The molecule has 0 atom stereocenters. The minimum atomic E-state index is 0.636. The summed E-state index contributed by atoms with van der Waals surface area (Å²) < 4.78 is 0.934. The number of hydrogen-bond acceptors (Lipinski definition) is 8. The Morgan fingerprint density at radius 2 is 2.09 bits per heavy atom. The zero-order chi connectivity index (χ0) is 14.9. The van der Waals surface area contributed by atoms with Crippen LogP contribution in [0.25, 0.3) is 10.2 Å². The van der Waals surface area contributed by atoms with Gasteiger partial charge in [-0.1, -0.05) is 29.5 Å². The van der Waals surface area contributed by atoms with Gasteiger partial charge in [0.15, 0.2) is 4.34 Å². The van der Waals surface area contributed by atoms with E-state index in [1.54, 1.807) is 28.6 Å². The van der Waals surface area contributed by atoms with Gasteiger partial charge < -0.3 is 5.73 Å². The highest BCUT2D eigenvalue weighted by atomic mass is 32.2. The Labute approximate surface area is 140 Å². The van der Waals surface area contributed by atoms with Crippen molar-refractivity contribution in [3.8, 4) is 0 Å². The molecule has 3 aromatic rings. The Balaban J connectivity index is 1.67. The van der Waals surface area contributed by atoms with Gasteiger partial charge in [-0.15, -0.1) is 21.5 Å². The van der Waals surface area contributed by atoms with Gasteiger partial charge in [0, 0.05) is 4.88 Å². The molecule has 5 nitrogen and oxygen atoms in total. The maximum atomic E-state index is 6.25. The Kier molecular flexibility index (Phi) is 3.98. The van der Waals surface area contributed by atoms with Gasteiger partial charge in [0.1, 0.15) is 22.0 Å². The van der Waals surface area contributed by atoms with E-state index in [-0.39, 0.29) is 0 Å². The summed E-state index contributed by atoms with van der Waals surface area (Å²) in [5.74, 6) is 2.09. The number of anilines is 1. The van der Waals surface area contributed by atoms with Crippen LogP contribution in [0.2, 0.25) is 0 Å². The first-order valence-corrected chi connectivity index (χ1v) is 9.95. The van der Waals surface area contributed by atoms with Crippen molar-refractivity contribution in [3.63, 3.8) is 0 Å². The number of aromatic nitrogens is 4. The molecule has 0 saturated heterocycles. The standard InChI is InChI=1S/C14H15N5S3/c15-12-11-8-4-2-1-3-5-9(8)22-13(11)18-10(17-12)6-20-14-19-16-7-21-14/h7H,1-6H2,(H2,15,17,18). The second-order valence-electron chi connectivity index (χ2n) is 5.26. The summed E-state index contributed by atoms with van der Waals surface area (Å²) in [5, 5.41) is 8.97. The van der Waals surface area contributed by atoms with E-state index in [1.807, 2.05) is 0 Å². The highest BCUT2D eigenvalue weighted by Crippen LogP contribution is 2.37. The molecule has 0 fully saturated rings. The number of rotatable bonds is 3. The summed E-state index contributed by atoms with van der Waals surface area (Å²) in [7, 11) is 0. The predicted octanol–water partition coefficient (Wildman–Crippen LogP) is 3.69. The first-order valence-electron chi connectivity index (χ1n) is 7.27. The summed E-state index contributed by atoms with van der Waals surface area (Å²) in [6.07, 6.45) is 6.09. The molecule has 0 unspecified atom stereocenters. The van der Waals surface area contributed by atoms with E-state index in [9.17, 15) is 0 Å². The normalized spacial score (nSPS) is 14.9. The molecule has 4 rings (SSSR count). The summed E-state index contributed by atoms with van der Waals surface area (Å²) in [4.78, 5) is 11.8. The molecule has 2 N–H and O–H groups in total. The number of nitrogens with two attached hydrogens (primary N) is 1. The van der Waals surface area contributed by atoms with Crippen LogP contribution in [0, 0.1) is 0 Å². The lowest BCUT2D eigenvalue weighted by atomic mass is 10.1. The number of nitrogens with zero attached hydrogens (tertiary/aromatic N) is 4. The fraction of sp³-hybridized carbons (Fsp3) is 0.429. The quantitative estimate of drug-likeness (QED) is 0.574. The SMILES string of the molecule is Nc1nc(CSc2nncs2)nc2sc3c(c12)CCCCC3. The molecule has 1 aliphatic rings. The van der Waals surface area contributed by atoms with Crippen LogP contribution in [0.3, 0.4) is 0 Å². The molecule has 0 radical (unpaired) electrons. The molecule has 114 valence electrons. The van der Waals surface area contributed by atoms with Gasteiger partial charge in [-0.3, -0.25) is 0 Å². The van der Waals surface area contributed by atoms with E-state index in [1.165, 1.54) is 41.0 Å². The van der Waals surface area contributed by atoms with E-state index >= 15 is 0 Å². The van der Waals surface area contributed by atoms with E-state index in [4.69, 9.17) is 10.7 Å². The summed E-state index contributed by atoms with van der Waals surface area (Å²) in [6, 6.07) is 0. The van der Waals surface area contributed by atoms with Gasteiger partial charge in [-0.25, -0.2) is 9.97 Å². The molecule has 0 spiro atoms. The third-order valence-corrected chi connectivity index (χ3v) is 6.85. The maximum absolute atomic E-state index is 6.25. The topological polar surface area (TPSA) is 77.6 Å². The second-order valence-corrected chi connectivity index (χ2v) is 8.40. The summed E-state index contributed by atoms with van der Waals surface area (Å²) >= 11 is 4.93. The third kappa shape index (κ3) is 2.70. The predicted molar refractivity (Wildman–Crippen MR) is 92.6 cm³/mol. The molecule has 0 saturated carbocycles. The number of aryl methyl sites for hydroxylation is 2. The third-order valence-electron chi connectivity index (χ3n) is 3.80. The van der Waals surface area contributed by atoms with Crippen molar-refractivity contribution in [1.29, 1.82) is 0 Å². The molecule has 8 heteroatoms. The average molecular weight is 350 g/mol. The first-order chi connectivity index (χ1) is 10.8. The van der Waals surface area contributed by atoms with E-state index in [2.05, 4.69) is 15.2 Å². The van der Waals surface area contributed by atoms with E-state index in [0.717, 1.165) is 33.2 Å². The number of thioether (sulfide) groups is 1. The minimum absolute atomic E-state index is 0.636. The highest BCUT2D eigenvalue weighted by molar-refractivity contribution is 8.00. The van der Waals surface area contributed by atoms with Crippen LogP contribution < -0.4 is 5.73 Å².